The lowest BCUT2D eigenvalue weighted by Gasteiger charge is -2.25. The molecule has 3 aromatic rings. The Morgan fingerprint density at radius 1 is 1.07 bits per heavy atom. The predicted octanol–water partition coefficient (Wildman–Crippen LogP) is 4.56. The summed E-state index contributed by atoms with van der Waals surface area (Å²) in [7, 11) is 4.03. The van der Waals surface area contributed by atoms with Gasteiger partial charge in [0.05, 0.1) is 6.04 Å². The second-order valence-corrected chi connectivity index (χ2v) is 8.37. The monoisotopic (exact) mass is 403 g/mol. The molecule has 5 nitrogen and oxygen atoms in total. The molecule has 0 bridgehead atoms. The van der Waals surface area contributed by atoms with Crippen LogP contribution < -0.4 is 5.32 Å². The van der Waals surface area contributed by atoms with E-state index in [4.69, 9.17) is 4.52 Å². The molecule has 1 amide bonds. The van der Waals surface area contributed by atoms with Crippen LogP contribution in [-0.2, 0) is 12.8 Å². The third-order valence-electron chi connectivity index (χ3n) is 5.92. The largest absolute Gasteiger partial charge is 0.355 e. The van der Waals surface area contributed by atoms with Gasteiger partial charge in [-0.2, -0.15) is 0 Å². The number of amides is 1. The van der Waals surface area contributed by atoms with E-state index in [-0.39, 0.29) is 11.9 Å². The SMILES string of the molecule is Cc1ccc([C@H](CNC(=O)c2cc(-c3ccc4c(c3)CCCC4)on2)N(C)C)cc1. The lowest BCUT2D eigenvalue weighted by atomic mass is 9.90. The van der Waals surface area contributed by atoms with Crippen LogP contribution in [0.2, 0.25) is 0 Å². The molecule has 1 atom stereocenters. The van der Waals surface area contributed by atoms with Crippen molar-refractivity contribution in [3.63, 3.8) is 0 Å². The summed E-state index contributed by atoms with van der Waals surface area (Å²) < 4.78 is 5.49. The van der Waals surface area contributed by atoms with Crippen LogP contribution in [0.3, 0.4) is 0 Å². The Labute approximate surface area is 178 Å². The molecule has 1 heterocycles. The van der Waals surface area contributed by atoms with Gasteiger partial charge in [0.1, 0.15) is 0 Å². The van der Waals surface area contributed by atoms with Crippen molar-refractivity contribution >= 4 is 5.91 Å². The number of likely N-dealkylation sites (N-methyl/N-ethyl adjacent to an activating group) is 1. The molecule has 1 aliphatic carbocycles. The highest BCUT2D eigenvalue weighted by atomic mass is 16.5. The van der Waals surface area contributed by atoms with Crippen LogP contribution in [0.1, 0.15) is 51.6 Å². The molecule has 5 heteroatoms. The van der Waals surface area contributed by atoms with E-state index in [0.717, 1.165) is 18.4 Å². The molecule has 0 unspecified atom stereocenters. The molecule has 0 aliphatic heterocycles. The molecule has 1 aliphatic rings. The molecule has 0 radical (unpaired) electrons. The molecule has 1 aromatic heterocycles. The number of benzene rings is 2. The molecular weight excluding hydrogens is 374 g/mol. The number of nitrogens with zero attached hydrogens (tertiary/aromatic N) is 2. The van der Waals surface area contributed by atoms with Crippen molar-refractivity contribution < 1.29 is 9.32 Å². The van der Waals surface area contributed by atoms with Crippen LogP contribution in [0.15, 0.2) is 53.1 Å². The minimum absolute atomic E-state index is 0.0848. The third-order valence-corrected chi connectivity index (χ3v) is 5.92. The smallest absolute Gasteiger partial charge is 0.273 e. The van der Waals surface area contributed by atoms with Gasteiger partial charge in [-0.3, -0.25) is 4.79 Å². The maximum Gasteiger partial charge on any atom is 0.273 e. The van der Waals surface area contributed by atoms with Crippen molar-refractivity contribution in [1.29, 1.82) is 0 Å². The maximum atomic E-state index is 12.7. The fraction of sp³-hybridized carbons (Fsp3) is 0.360. The molecule has 30 heavy (non-hydrogen) atoms. The van der Waals surface area contributed by atoms with Crippen molar-refractivity contribution in [3.8, 4) is 11.3 Å². The number of nitrogens with one attached hydrogen (secondary N) is 1. The zero-order valence-electron chi connectivity index (χ0n) is 17.9. The minimum Gasteiger partial charge on any atom is -0.355 e. The first-order valence-electron chi connectivity index (χ1n) is 10.6. The summed E-state index contributed by atoms with van der Waals surface area (Å²) in [5.74, 6) is 0.415. The van der Waals surface area contributed by atoms with E-state index in [1.807, 2.05) is 14.1 Å². The molecule has 0 saturated carbocycles. The van der Waals surface area contributed by atoms with Gasteiger partial charge in [-0.25, -0.2) is 0 Å². The average Bonchev–Trinajstić information content (AvgIpc) is 3.25. The number of hydrogen-bond acceptors (Lipinski definition) is 4. The van der Waals surface area contributed by atoms with Crippen LogP contribution in [0.5, 0.6) is 0 Å². The highest BCUT2D eigenvalue weighted by Crippen LogP contribution is 2.28. The van der Waals surface area contributed by atoms with Crippen LogP contribution in [0, 0.1) is 6.92 Å². The number of rotatable bonds is 6. The van der Waals surface area contributed by atoms with Crippen LogP contribution in [0.25, 0.3) is 11.3 Å². The lowest BCUT2D eigenvalue weighted by molar-refractivity contribution is 0.0933. The Hall–Kier alpha value is -2.92. The topological polar surface area (TPSA) is 58.4 Å². The van der Waals surface area contributed by atoms with Crippen molar-refractivity contribution in [3.05, 3.63) is 76.5 Å². The zero-order valence-corrected chi connectivity index (χ0v) is 17.9. The Morgan fingerprint density at radius 2 is 1.80 bits per heavy atom. The zero-order chi connectivity index (χ0) is 21.1. The number of carbonyl (C=O) groups is 1. The normalized spacial score (nSPS) is 14.4. The number of fused-ring (bicyclic) bond motifs is 1. The van der Waals surface area contributed by atoms with E-state index in [1.54, 1.807) is 6.07 Å². The van der Waals surface area contributed by atoms with Gasteiger partial charge in [0.2, 0.25) is 0 Å². The summed E-state index contributed by atoms with van der Waals surface area (Å²) in [6.45, 7) is 2.57. The lowest BCUT2D eigenvalue weighted by Crippen LogP contribution is -2.34. The minimum atomic E-state index is -0.220. The molecule has 156 valence electrons. The summed E-state index contributed by atoms with van der Waals surface area (Å²) in [5, 5.41) is 7.02. The van der Waals surface area contributed by atoms with Crippen LogP contribution in [-0.4, -0.2) is 36.6 Å². The number of aromatic nitrogens is 1. The van der Waals surface area contributed by atoms with Gasteiger partial charge in [-0.1, -0.05) is 47.1 Å². The third kappa shape index (κ3) is 4.46. The quantitative estimate of drug-likeness (QED) is 0.655. The van der Waals surface area contributed by atoms with Gasteiger partial charge in [-0.15, -0.1) is 0 Å². The maximum absolute atomic E-state index is 12.7. The van der Waals surface area contributed by atoms with Crippen molar-refractivity contribution in [2.75, 3.05) is 20.6 Å². The fourth-order valence-corrected chi connectivity index (χ4v) is 4.07. The van der Waals surface area contributed by atoms with E-state index >= 15 is 0 Å². The number of aryl methyl sites for hydroxylation is 3. The summed E-state index contributed by atoms with van der Waals surface area (Å²) in [6, 6.07) is 16.6. The summed E-state index contributed by atoms with van der Waals surface area (Å²) in [5.41, 5.74) is 6.48. The molecule has 0 fully saturated rings. The Bertz CT molecular complexity index is 1020. The highest BCUT2D eigenvalue weighted by Gasteiger charge is 2.19. The predicted molar refractivity (Wildman–Crippen MR) is 119 cm³/mol. The Balaban J connectivity index is 1.44. The van der Waals surface area contributed by atoms with Gasteiger partial charge in [-0.05, 0) is 69.5 Å². The molecule has 4 rings (SSSR count). The van der Waals surface area contributed by atoms with Crippen LogP contribution >= 0.6 is 0 Å². The summed E-state index contributed by atoms with van der Waals surface area (Å²) in [6.07, 6.45) is 4.74. The van der Waals surface area contributed by atoms with E-state index in [2.05, 4.69) is 64.8 Å². The van der Waals surface area contributed by atoms with Crippen molar-refractivity contribution in [2.24, 2.45) is 0 Å². The van der Waals surface area contributed by atoms with E-state index in [1.165, 1.54) is 35.1 Å². The van der Waals surface area contributed by atoms with E-state index < -0.39 is 0 Å². The van der Waals surface area contributed by atoms with E-state index in [0.29, 0.717) is 18.0 Å². The standard InChI is InChI=1S/C25H29N3O2/c1-17-8-10-19(11-9-17)23(28(2)3)16-26-25(29)22-15-24(30-27-22)21-13-12-18-6-4-5-7-20(18)14-21/h8-15,23H,4-7,16H2,1-3H3,(H,26,29)/t23-/m0/s1. The van der Waals surface area contributed by atoms with Crippen molar-refractivity contribution in [1.82, 2.24) is 15.4 Å². The molecule has 2 aromatic carbocycles. The summed E-state index contributed by atoms with van der Waals surface area (Å²) >= 11 is 0. The van der Waals surface area contributed by atoms with E-state index in [9.17, 15) is 4.79 Å². The molecule has 1 N–H and O–H groups in total. The second kappa shape index (κ2) is 8.84. The second-order valence-electron chi connectivity index (χ2n) is 8.37. The number of carbonyl (C=O) groups excluding carboxylic acids is 1. The van der Waals surface area contributed by atoms with Crippen LogP contribution in [0.4, 0.5) is 0 Å². The highest BCUT2D eigenvalue weighted by molar-refractivity contribution is 5.93. The van der Waals surface area contributed by atoms with Gasteiger partial charge in [0, 0.05) is 18.2 Å². The van der Waals surface area contributed by atoms with Gasteiger partial charge in [0.15, 0.2) is 11.5 Å². The summed E-state index contributed by atoms with van der Waals surface area (Å²) in [4.78, 5) is 14.8. The average molecular weight is 404 g/mol. The molecular formula is C25H29N3O2. The number of hydrogen-bond donors (Lipinski definition) is 1. The van der Waals surface area contributed by atoms with Gasteiger partial charge >= 0.3 is 0 Å². The molecule has 0 saturated heterocycles. The molecule has 0 spiro atoms. The van der Waals surface area contributed by atoms with Crippen molar-refractivity contribution in [2.45, 2.75) is 38.6 Å². The first kappa shape index (κ1) is 20.4. The van der Waals surface area contributed by atoms with Gasteiger partial charge in [0.25, 0.3) is 5.91 Å². The fourth-order valence-electron chi connectivity index (χ4n) is 4.07. The Morgan fingerprint density at radius 3 is 2.53 bits per heavy atom. The Kier molecular flexibility index (Phi) is 6.00. The van der Waals surface area contributed by atoms with Gasteiger partial charge < -0.3 is 14.7 Å². The first-order chi connectivity index (χ1) is 14.5. The first-order valence-corrected chi connectivity index (χ1v) is 10.6.